The van der Waals surface area contributed by atoms with Crippen molar-refractivity contribution >= 4 is 17.7 Å². The number of carbonyl (C=O) groups is 3. The predicted molar refractivity (Wildman–Crippen MR) is 99.3 cm³/mol. The number of imide groups is 1. The van der Waals surface area contributed by atoms with E-state index in [0.29, 0.717) is 31.1 Å². The van der Waals surface area contributed by atoms with Crippen LogP contribution in [0.4, 0.5) is 0 Å². The van der Waals surface area contributed by atoms with Crippen LogP contribution in [0.15, 0.2) is 18.2 Å². The number of carbonyl (C=O) groups excluding carboxylic acids is 3. The van der Waals surface area contributed by atoms with E-state index in [1.165, 1.54) is 0 Å². The molecule has 3 fully saturated rings. The molecule has 3 saturated heterocycles. The molecule has 8 nitrogen and oxygen atoms in total. The average Bonchev–Trinajstić information content (AvgIpc) is 3.35. The topological polar surface area (TPSA) is 99.8 Å². The molecule has 2 bridgehead atoms. The highest BCUT2D eigenvalue weighted by molar-refractivity contribution is 6.05. The first-order valence-electron chi connectivity index (χ1n) is 9.88. The van der Waals surface area contributed by atoms with Crippen molar-refractivity contribution < 1.29 is 19.1 Å². The van der Waals surface area contributed by atoms with Crippen LogP contribution in [0.1, 0.15) is 40.7 Å². The molecule has 3 atom stereocenters. The highest BCUT2D eigenvalue weighted by Crippen LogP contribution is 2.31. The summed E-state index contributed by atoms with van der Waals surface area (Å²) in [5, 5.41) is 9.28. The number of hydrogen-bond acceptors (Lipinski definition) is 6. The quantitative estimate of drug-likeness (QED) is 0.601. The normalized spacial score (nSPS) is 31.4. The number of nitrogens with one attached hydrogen (secondary N) is 3. The predicted octanol–water partition coefficient (Wildman–Crippen LogP) is -0.332. The van der Waals surface area contributed by atoms with Crippen LogP contribution in [0.3, 0.4) is 0 Å². The molecule has 148 valence electrons. The minimum Gasteiger partial charge on any atom is -0.371 e. The molecule has 8 heteroatoms. The van der Waals surface area contributed by atoms with Gasteiger partial charge in [0.25, 0.3) is 5.91 Å². The Bertz CT molecular complexity index is 847. The molecule has 4 heterocycles. The first-order valence-corrected chi connectivity index (χ1v) is 9.88. The number of rotatable bonds is 5. The van der Waals surface area contributed by atoms with E-state index >= 15 is 0 Å². The third kappa shape index (κ3) is 3.01. The van der Waals surface area contributed by atoms with Crippen molar-refractivity contribution in [2.45, 2.75) is 50.0 Å². The molecule has 4 aliphatic heterocycles. The number of ether oxygens (including phenoxy) is 1. The summed E-state index contributed by atoms with van der Waals surface area (Å²) in [4.78, 5) is 37.8. The number of nitrogens with zero attached hydrogens (tertiary/aromatic N) is 1. The van der Waals surface area contributed by atoms with Crippen LogP contribution in [0.5, 0.6) is 0 Å². The fourth-order valence-electron chi connectivity index (χ4n) is 4.79. The summed E-state index contributed by atoms with van der Waals surface area (Å²) in [6.45, 7) is 3.60. The van der Waals surface area contributed by atoms with E-state index in [9.17, 15) is 14.4 Å². The minimum atomic E-state index is -0.569. The van der Waals surface area contributed by atoms with E-state index in [1.54, 1.807) is 4.90 Å². The van der Waals surface area contributed by atoms with Crippen molar-refractivity contribution in [3.05, 3.63) is 34.9 Å². The largest absolute Gasteiger partial charge is 0.371 e. The molecule has 5 rings (SSSR count). The standard InChI is InChI=1S/C20H24N4O4/c25-17-4-3-16(18(26)23-17)24-8-13-5-12(1-2-15(13)19(24)27)7-21-10-20-6-14(9-28-20)22-11-20/h1-2,5,14,16,21-22H,3-4,6-11H2,(H,23,25,26). The Kier molecular flexibility index (Phi) is 4.22. The van der Waals surface area contributed by atoms with Gasteiger partial charge >= 0.3 is 0 Å². The zero-order chi connectivity index (χ0) is 19.3. The fraction of sp³-hybridized carbons (Fsp3) is 0.550. The van der Waals surface area contributed by atoms with Crippen LogP contribution in [0, 0.1) is 0 Å². The van der Waals surface area contributed by atoms with Crippen LogP contribution < -0.4 is 16.0 Å². The van der Waals surface area contributed by atoms with E-state index < -0.39 is 6.04 Å². The van der Waals surface area contributed by atoms with Gasteiger partial charge in [-0.05, 0) is 30.0 Å². The molecular weight excluding hydrogens is 360 g/mol. The van der Waals surface area contributed by atoms with Crippen molar-refractivity contribution in [3.8, 4) is 0 Å². The summed E-state index contributed by atoms with van der Waals surface area (Å²) in [5.41, 5.74) is 2.61. The lowest BCUT2D eigenvalue weighted by atomic mass is 10.0. The second kappa shape index (κ2) is 6.65. The number of piperidine rings is 1. The Morgan fingerprint density at radius 1 is 1.29 bits per heavy atom. The summed E-state index contributed by atoms with van der Waals surface area (Å²) in [5.74, 6) is -0.780. The van der Waals surface area contributed by atoms with Gasteiger partial charge in [-0.15, -0.1) is 0 Å². The molecule has 4 aliphatic rings. The molecule has 0 saturated carbocycles. The SMILES string of the molecule is O=C1CCC(N2Cc3cc(CNCC45CNC(CO4)C5)ccc3C2=O)C(=O)N1. The summed E-state index contributed by atoms with van der Waals surface area (Å²) < 4.78 is 5.93. The Morgan fingerprint density at radius 3 is 2.89 bits per heavy atom. The van der Waals surface area contributed by atoms with Gasteiger partial charge in [0.05, 0.1) is 12.2 Å². The van der Waals surface area contributed by atoms with Crippen molar-refractivity contribution in [2.24, 2.45) is 0 Å². The Balaban J connectivity index is 1.23. The van der Waals surface area contributed by atoms with E-state index in [0.717, 1.165) is 37.2 Å². The summed E-state index contributed by atoms with van der Waals surface area (Å²) in [7, 11) is 0. The molecule has 1 aromatic carbocycles. The molecule has 0 aliphatic carbocycles. The molecule has 0 aromatic heterocycles. The van der Waals surface area contributed by atoms with Crippen LogP contribution in [-0.4, -0.2) is 60.0 Å². The lowest BCUT2D eigenvalue weighted by molar-refractivity contribution is -0.136. The van der Waals surface area contributed by atoms with E-state index in [2.05, 4.69) is 16.0 Å². The van der Waals surface area contributed by atoms with Crippen molar-refractivity contribution in [2.75, 3.05) is 19.7 Å². The van der Waals surface area contributed by atoms with E-state index in [-0.39, 0.29) is 29.7 Å². The lowest BCUT2D eigenvalue weighted by Crippen LogP contribution is -2.52. The van der Waals surface area contributed by atoms with Gasteiger partial charge in [0.1, 0.15) is 6.04 Å². The first-order chi connectivity index (χ1) is 13.5. The molecule has 0 spiro atoms. The van der Waals surface area contributed by atoms with E-state index in [1.807, 2.05) is 18.2 Å². The minimum absolute atomic E-state index is 0.0834. The second-order valence-corrected chi connectivity index (χ2v) is 8.27. The molecule has 28 heavy (non-hydrogen) atoms. The van der Waals surface area contributed by atoms with Gasteiger partial charge in [-0.3, -0.25) is 19.7 Å². The summed E-state index contributed by atoms with van der Waals surface area (Å²) >= 11 is 0. The maximum atomic E-state index is 12.7. The van der Waals surface area contributed by atoms with Gasteiger partial charge in [0.15, 0.2) is 0 Å². The van der Waals surface area contributed by atoms with Gasteiger partial charge in [-0.25, -0.2) is 0 Å². The average molecular weight is 384 g/mol. The maximum absolute atomic E-state index is 12.7. The summed E-state index contributed by atoms with van der Waals surface area (Å²) in [6, 6.07) is 5.76. The van der Waals surface area contributed by atoms with Crippen LogP contribution in [-0.2, 0) is 27.4 Å². The van der Waals surface area contributed by atoms with Crippen molar-refractivity contribution in [1.29, 1.82) is 0 Å². The highest BCUT2D eigenvalue weighted by Gasteiger charge is 2.45. The fourth-order valence-corrected chi connectivity index (χ4v) is 4.79. The smallest absolute Gasteiger partial charge is 0.255 e. The Hall–Kier alpha value is -2.29. The Labute approximate surface area is 163 Å². The van der Waals surface area contributed by atoms with Gasteiger partial charge in [0.2, 0.25) is 11.8 Å². The zero-order valence-electron chi connectivity index (χ0n) is 15.6. The number of benzene rings is 1. The zero-order valence-corrected chi connectivity index (χ0v) is 15.6. The lowest BCUT2D eigenvalue weighted by Gasteiger charge is -2.29. The van der Waals surface area contributed by atoms with Gasteiger partial charge in [-0.1, -0.05) is 12.1 Å². The molecule has 1 aromatic rings. The number of hydrogen-bond donors (Lipinski definition) is 3. The van der Waals surface area contributed by atoms with Gasteiger partial charge < -0.3 is 20.3 Å². The van der Waals surface area contributed by atoms with Gasteiger partial charge in [-0.2, -0.15) is 0 Å². The van der Waals surface area contributed by atoms with Crippen molar-refractivity contribution in [1.82, 2.24) is 20.9 Å². The number of amides is 3. The molecule has 3 N–H and O–H groups in total. The molecule has 0 radical (unpaired) electrons. The maximum Gasteiger partial charge on any atom is 0.255 e. The third-order valence-corrected chi connectivity index (χ3v) is 6.29. The highest BCUT2D eigenvalue weighted by atomic mass is 16.5. The molecule has 3 unspecified atom stereocenters. The number of morpholine rings is 1. The third-order valence-electron chi connectivity index (χ3n) is 6.29. The Morgan fingerprint density at radius 2 is 2.18 bits per heavy atom. The molecule has 3 amide bonds. The number of fused-ring (bicyclic) bond motifs is 3. The van der Waals surface area contributed by atoms with Crippen LogP contribution >= 0.6 is 0 Å². The molecular formula is C20H24N4O4. The monoisotopic (exact) mass is 384 g/mol. The van der Waals surface area contributed by atoms with Crippen LogP contribution in [0.2, 0.25) is 0 Å². The van der Waals surface area contributed by atoms with Gasteiger partial charge in [0, 0.05) is 44.2 Å². The van der Waals surface area contributed by atoms with Crippen molar-refractivity contribution in [3.63, 3.8) is 0 Å². The second-order valence-electron chi connectivity index (χ2n) is 8.27. The summed E-state index contributed by atoms with van der Waals surface area (Å²) in [6.07, 6.45) is 1.71. The first kappa shape index (κ1) is 17.8. The van der Waals surface area contributed by atoms with E-state index in [4.69, 9.17) is 4.74 Å². The van der Waals surface area contributed by atoms with Crippen LogP contribution in [0.25, 0.3) is 0 Å².